The Labute approximate surface area is 127 Å². The van der Waals surface area contributed by atoms with Gasteiger partial charge in [-0.25, -0.2) is 0 Å². The average Bonchev–Trinajstić information content (AvgIpc) is 3.00. The number of rotatable bonds is 2. The molecule has 108 valence electrons. The minimum Gasteiger partial charge on any atom is -0.298 e. The molecule has 1 saturated carbocycles. The van der Waals surface area contributed by atoms with Crippen molar-refractivity contribution >= 4 is 0 Å². The van der Waals surface area contributed by atoms with E-state index in [1.165, 1.54) is 31.2 Å². The Balaban J connectivity index is 1.70. The van der Waals surface area contributed by atoms with Gasteiger partial charge in [0.2, 0.25) is 0 Å². The van der Waals surface area contributed by atoms with E-state index in [-0.39, 0.29) is 6.04 Å². The monoisotopic (exact) mass is 278 g/mol. The van der Waals surface area contributed by atoms with Crippen LogP contribution in [0.25, 0.3) is 0 Å². The predicted molar refractivity (Wildman–Crippen MR) is 84.6 cm³/mol. The van der Waals surface area contributed by atoms with Crippen LogP contribution in [0.3, 0.4) is 0 Å². The van der Waals surface area contributed by atoms with E-state index >= 15 is 0 Å². The summed E-state index contributed by atoms with van der Waals surface area (Å²) in [5.74, 6) is 7.64. The fourth-order valence-corrected chi connectivity index (χ4v) is 3.51. The summed E-state index contributed by atoms with van der Waals surface area (Å²) < 4.78 is 0. The number of nitrogens with one attached hydrogen (secondary N) is 1. The number of hydrogen-bond acceptors (Lipinski definition) is 2. The third-order valence-electron chi connectivity index (χ3n) is 4.84. The number of benzene rings is 1. The van der Waals surface area contributed by atoms with Gasteiger partial charge >= 0.3 is 0 Å². The predicted octanol–water partition coefficient (Wildman–Crippen LogP) is 3.59. The molecule has 2 nitrogen and oxygen atoms in total. The standard InChI is InChI=1S/C19H22N2/c1-2-17-19(18(13-20)21-17)16-11-9-15(10-12-16)8-7-14-5-3-4-6-14/h9-12,14,17-19,21H,2-6H2,1H3/t17?,18?,19-/m0/s1. The maximum absolute atomic E-state index is 9.16. The summed E-state index contributed by atoms with van der Waals surface area (Å²) in [6.07, 6.45) is 6.26. The molecule has 2 aliphatic rings. The van der Waals surface area contributed by atoms with Crippen molar-refractivity contribution in [1.29, 1.82) is 5.26 Å². The molecule has 0 bridgehead atoms. The van der Waals surface area contributed by atoms with Crippen LogP contribution in [0, 0.1) is 29.1 Å². The van der Waals surface area contributed by atoms with Crippen molar-refractivity contribution in [2.45, 2.75) is 57.0 Å². The molecule has 0 aromatic heterocycles. The van der Waals surface area contributed by atoms with Gasteiger partial charge in [0.1, 0.15) is 6.04 Å². The molecule has 2 unspecified atom stereocenters. The number of nitriles is 1. The van der Waals surface area contributed by atoms with Crippen LogP contribution in [-0.2, 0) is 0 Å². The van der Waals surface area contributed by atoms with Gasteiger partial charge in [-0.2, -0.15) is 5.26 Å². The molecule has 1 heterocycles. The van der Waals surface area contributed by atoms with Gasteiger partial charge in [-0.05, 0) is 37.0 Å². The fraction of sp³-hybridized carbons (Fsp3) is 0.526. The normalized spacial score (nSPS) is 28.3. The minimum absolute atomic E-state index is 0.0367. The first-order valence-corrected chi connectivity index (χ1v) is 8.09. The van der Waals surface area contributed by atoms with E-state index in [4.69, 9.17) is 5.26 Å². The molecule has 1 aromatic rings. The first-order valence-electron chi connectivity index (χ1n) is 8.09. The van der Waals surface area contributed by atoms with Gasteiger partial charge in [0.15, 0.2) is 0 Å². The van der Waals surface area contributed by atoms with Crippen LogP contribution in [0.15, 0.2) is 24.3 Å². The molecule has 0 amide bonds. The molecule has 1 aliphatic carbocycles. The van der Waals surface area contributed by atoms with E-state index in [1.807, 2.05) is 0 Å². The Kier molecular flexibility index (Phi) is 4.28. The van der Waals surface area contributed by atoms with Crippen molar-refractivity contribution in [3.63, 3.8) is 0 Å². The molecule has 2 heteroatoms. The largest absolute Gasteiger partial charge is 0.298 e. The van der Waals surface area contributed by atoms with Crippen molar-refractivity contribution in [3.8, 4) is 17.9 Å². The molecule has 0 spiro atoms. The van der Waals surface area contributed by atoms with E-state index < -0.39 is 0 Å². The highest BCUT2D eigenvalue weighted by Crippen LogP contribution is 2.33. The van der Waals surface area contributed by atoms with Crippen molar-refractivity contribution in [1.82, 2.24) is 5.32 Å². The lowest BCUT2D eigenvalue weighted by Gasteiger charge is -2.42. The topological polar surface area (TPSA) is 35.8 Å². The van der Waals surface area contributed by atoms with Crippen LogP contribution in [0.1, 0.15) is 56.1 Å². The molecule has 1 saturated heterocycles. The smallest absolute Gasteiger partial charge is 0.104 e. The molecule has 2 fully saturated rings. The maximum atomic E-state index is 9.16. The van der Waals surface area contributed by atoms with Gasteiger partial charge in [-0.3, -0.25) is 5.32 Å². The Bertz CT molecular complexity index is 579. The van der Waals surface area contributed by atoms with Gasteiger partial charge in [0, 0.05) is 23.4 Å². The van der Waals surface area contributed by atoms with Gasteiger partial charge < -0.3 is 0 Å². The van der Waals surface area contributed by atoms with Gasteiger partial charge in [0.25, 0.3) is 0 Å². The van der Waals surface area contributed by atoms with E-state index in [1.54, 1.807) is 0 Å². The van der Waals surface area contributed by atoms with Crippen molar-refractivity contribution < 1.29 is 0 Å². The summed E-state index contributed by atoms with van der Waals surface area (Å²) in [6.45, 7) is 2.17. The van der Waals surface area contributed by atoms with Crippen LogP contribution in [0.2, 0.25) is 0 Å². The third-order valence-corrected chi connectivity index (χ3v) is 4.84. The summed E-state index contributed by atoms with van der Waals surface area (Å²) in [5, 5.41) is 12.5. The summed E-state index contributed by atoms with van der Waals surface area (Å²) in [4.78, 5) is 0. The average molecular weight is 278 g/mol. The highest BCUT2D eigenvalue weighted by atomic mass is 15.1. The van der Waals surface area contributed by atoms with Crippen LogP contribution in [-0.4, -0.2) is 12.1 Å². The Morgan fingerprint density at radius 1 is 1.19 bits per heavy atom. The van der Waals surface area contributed by atoms with Crippen LogP contribution >= 0.6 is 0 Å². The Morgan fingerprint density at radius 2 is 1.90 bits per heavy atom. The van der Waals surface area contributed by atoms with E-state index in [0.29, 0.717) is 17.9 Å². The summed E-state index contributed by atoms with van der Waals surface area (Å²) in [5.41, 5.74) is 2.36. The first-order chi connectivity index (χ1) is 10.3. The van der Waals surface area contributed by atoms with Crippen molar-refractivity contribution in [2.24, 2.45) is 5.92 Å². The number of hydrogen-bond donors (Lipinski definition) is 1. The van der Waals surface area contributed by atoms with Crippen LogP contribution in [0.5, 0.6) is 0 Å². The Hall–Kier alpha value is -1.77. The Morgan fingerprint density at radius 3 is 2.52 bits per heavy atom. The second-order valence-electron chi connectivity index (χ2n) is 6.19. The summed E-state index contributed by atoms with van der Waals surface area (Å²) in [7, 11) is 0. The lowest BCUT2D eigenvalue weighted by molar-refractivity contribution is 0.250. The molecule has 0 radical (unpaired) electrons. The molecule has 3 rings (SSSR count). The highest BCUT2D eigenvalue weighted by Gasteiger charge is 2.40. The second-order valence-corrected chi connectivity index (χ2v) is 6.19. The zero-order valence-corrected chi connectivity index (χ0v) is 12.6. The highest BCUT2D eigenvalue weighted by molar-refractivity contribution is 5.40. The van der Waals surface area contributed by atoms with Crippen molar-refractivity contribution in [2.75, 3.05) is 0 Å². The zero-order valence-electron chi connectivity index (χ0n) is 12.6. The van der Waals surface area contributed by atoms with E-state index in [2.05, 4.69) is 54.4 Å². The van der Waals surface area contributed by atoms with Crippen molar-refractivity contribution in [3.05, 3.63) is 35.4 Å². The molecule has 21 heavy (non-hydrogen) atoms. The molecular weight excluding hydrogens is 256 g/mol. The zero-order chi connectivity index (χ0) is 14.7. The summed E-state index contributed by atoms with van der Waals surface area (Å²) in [6, 6.07) is 11.3. The molecule has 1 aliphatic heterocycles. The molecular formula is C19H22N2. The molecule has 1 N–H and O–H groups in total. The lowest BCUT2D eigenvalue weighted by atomic mass is 9.77. The SMILES string of the molecule is CCC1NC(C#N)[C@H]1c1ccc(C#CC2CCCC2)cc1. The van der Waals surface area contributed by atoms with E-state index in [9.17, 15) is 0 Å². The molecule has 3 atom stereocenters. The van der Waals surface area contributed by atoms with Crippen LogP contribution < -0.4 is 5.32 Å². The quantitative estimate of drug-likeness (QED) is 0.839. The second kappa shape index (κ2) is 6.33. The first kappa shape index (κ1) is 14.2. The van der Waals surface area contributed by atoms with Gasteiger partial charge in [-0.1, -0.05) is 43.7 Å². The maximum Gasteiger partial charge on any atom is 0.104 e. The van der Waals surface area contributed by atoms with E-state index in [0.717, 1.165) is 12.0 Å². The number of nitrogens with zero attached hydrogens (tertiary/aromatic N) is 1. The van der Waals surface area contributed by atoms with Crippen LogP contribution in [0.4, 0.5) is 0 Å². The minimum atomic E-state index is -0.0367. The fourth-order valence-electron chi connectivity index (χ4n) is 3.51. The lowest BCUT2D eigenvalue weighted by Crippen LogP contribution is -2.58. The summed E-state index contributed by atoms with van der Waals surface area (Å²) >= 11 is 0. The molecule has 1 aromatic carbocycles. The van der Waals surface area contributed by atoms with Gasteiger partial charge in [0.05, 0.1) is 6.07 Å². The third kappa shape index (κ3) is 2.97. The van der Waals surface area contributed by atoms with Gasteiger partial charge in [-0.15, -0.1) is 0 Å².